The highest BCUT2D eigenvalue weighted by molar-refractivity contribution is 7.07. The zero-order valence-corrected chi connectivity index (χ0v) is 11.8. The highest BCUT2D eigenvalue weighted by Crippen LogP contribution is 2.30. The Morgan fingerprint density at radius 1 is 1.60 bits per heavy atom. The molecule has 0 saturated heterocycles. The molecule has 1 unspecified atom stereocenters. The first-order chi connectivity index (χ1) is 9.78. The van der Waals surface area contributed by atoms with Gasteiger partial charge in [-0.2, -0.15) is 16.4 Å². The summed E-state index contributed by atoms with van der Waals surface area (Å²) in [6.07, 6.45) is 6.89. The summed E-state index contributed by atoms with van der Waals surface area (Å²) in [7, 11) is 0. The predicted octanol–water partition coefficient (Wildman–Crippen LogP) is 2.13. The van der Waals surface area contributed by atoms with E-state index in [1.54, 1.807) is 23.7 Å². The molecular weight excluding hydrogens is 274 g/mol. The number of amides is 1. The first-order valence-electron chi connectivity index (χ1n) is 6.76. The van der Waals surface area contributed by atoms with Crippen molar-refractivity contribution in [2.75, 3.05) is 6.61 Å². The van der Waals surface area contributed by atoms with Gasteiger partial charge in [-0.15, -0.1) is 0 Å². The summed E-state index contributed by atoms with van der Waals surface area (Å²) in [5, 5.41) is 20.4. The van der Waals surface area contributed by atoms with Gasteiger partial charge < -0.3 is 10.4 Å². The SMILES string of the molecule is O=C(NC(CO)c1ccsc1)c1cnn(C2CCC2)c1. The van der Waals surface area contributed by atoms with Crippen LogP contribution in [0.15, 0.2) is 29.2 Å². The quantitative estimate of drug-likeness (QED) is 0.887. The number of hydrogen-bond acceptors (Lipinski definition) is 4. The van der Waals surface area contributed by atoms with Crippen LogP contribution in [0.4, 0.5) is 0 Å². The molecule has 2 aromatic rings. The largest absolute Gasteiger partial charge is 0.394 e. The second-order valence-corrected chi connectivity index (χ2v) is 5.84. The second kappa shape index (κ2) is 5.76. The highest BCUT2D eigenvalue weighted by Gasteiger charge is 2.22. The van der Waals surface area contributed by atoms with Crippen molar-refractivity contribution in [1.82, 2.24) is 15.1 Å². The van der Waals surface area contributed by atoms with Gasteiger partial charge in [0.2, 0.25) is 0 Å². The van der Waals surface area contributed by atoms with Crippen LogP contribution in [0.2, 0.25) is 0 Å². The number of nitrogens with zero attached hydrogens (tertiary/aromatic N) is 2. The molecule has 0 spiro atoms. The molecule has 5 nitrogen and oxygen atoms in total. The predicted molar refractivity (Wildman–Crippen MR) is 76.7 cm³/mol. The van der Waals surface area contributed by atoms with Gasteiger partial charge in [-0.1, -0.05) is 0 Å². The Labute approximate surface area is 121 Å². The molecule has 1 atom stereocenters. The lowest BCUT2D eigenvalue weighted by molar-refractivity contribution is 0.0916. The third-order valence-corrected chi connectivity index (χ3v) is 4.45. The lowest BCUT2D eigenvalue weighted by Gasteiger charge is -2.25. The fourth-order valence-corrected chi connectivity index (χ4v) is 2.97. The van der Waals surface area contributed by atoms with Crippen LogP contribution in [0, 0.1) is 0 Å². The molecule has 1 aliphatic carbocycles. The summed E-state index contributed by atoms with van der Waals surface area (Å²) in [6.45, 7) is -0.112. The number of thiophene rings is 1. The van der Waals surface area contributed by atoms with E-state index in [0.717, 1.165) is 18.4 Å². The number of carbonyl (C=O) groups excluding carboxylic acids is 1. The minimum absolute atomic E-state index is 0.112. The van der Waals surface area contributed by atoms with E-state index in [2.05, 4.69) is 10.4 Å². The molecule has 2 N–H and O–H groups in total. The second-order valence-electron chi connectivity index (χ2n) is 5.06. The maximum atomic E-state index is 12.2. The van der Waals surface area contributed by atoms with Gasteiger partial charge in [-0.05, 0) is 41.7 Å². The van der Waals surface area contributed by atoms with Crippen molar-refractivity contribution in [1.29, 1.82) is 0 Å². The average Bonchev–Trinajstić information content (AvgIpc) is 3.04. The van der Waals surface area contributed by atoms with Crippen LogP contribution >= 0.6 is 11.3 Å². The molecule has 20 heavy (non-hydrogen) atoms. The van der Waals surface area contributed by atoms with Gasteiger partial charge in [0.1, 0.15) is 0 Å². The van der Waals surface area contributed by atoms with E-state index in [9.17, 15) is 9.90 Å². The first kappa shape index (κ1) is 13.3. The molecule has 1 aliphatic rings. The molecule has 0 radical (unpaired) electrons. The Morgan fingerprint density at radius 3 is 3.05 bits per heavy atom. The minimum Gasteiger partial charge on any atom is -0.394 e. The van der Waals surface area contributed by atoms with E-state index >= 15 is 0 Å². The van der Waals surface area contributed by atoms with E-state index in [-0.39, 0.29) is 18.6 Å². The van der Waals surface area contributed by atoms with Crippen LogP contribution in [-0.2, 0) is 0 Å². The molecule has 1 saturated carbocycles. The lowest BCUT2D eigenvalue weighted by Crippen LogP contribution is -2.30. The van der Waals surface area contributed by atoms with E-state index in [4.69, 9.17) is 0 Å². The van der Waals surface area contributed by atoms with Crippen LogP contribution in [-0.4, -0.2) is 27.4 Å². The zero-order chi connectivity index (χ0) is 13.9. The molecule has 1 fully saturated rings. The van der Waals surface area contributed by atoms with Crippen molar-refractivity contribution in [2.45, 2.75) is 31.3 Å². The first-order valence-corrected chi connectivity index (χ1v) is 7.70. The molecule has 1 amide bonds. The van der Waals surface area contributed by atoms with Crippen LogP contribution in [0.1, 0.15) is 47.3 Å². The Balaban J connectivity index is 1.67. The molecule has 0 bridgehead atoms. The highest BCUT2D eigenvalue weighted by atomic mass is 32.1. The maximum Gasteiger partial charge on any atom is 0.255 e. The van der Waals surface area contributed by atoms with Gasteiger partial charge in [0.25, 0.3) is 5.91 Å². The number of nitrogens with one attached hydrogen (secondary N) is 1. The summed E-state index contributed by atoms with van der Waals surface area (Å²) in [5.41, 5.74) is 1.47. The molecule has 3 rings (SSSR count). The number of aliphatic hydroxyl groups excluding tert-OH is 1. The molecule has 0 aromatic carbocycles. The fraction of sp³-hybridized carbons (Fsp3) is 0.429. The van der Waals surface area contributed by atoms with Crippen LogP contribution < -0.4 is 5.32 Å². The standard InChI is InChI=1S/C14H17N3O2S/c18-8-13(10-4-5-20-9-10)16-14(19)11-6-15-17(7-11)12-2-1-3-12/h4-7,9,12-13,18H,1-3,8H2,(H,16,19). The maximum absolute atomic E-state index is 12.2. The van der Waals surface area contributed by atoms with Gasteiger partial charge in [-0.25, -0.2) is 0 Å². The number of carbonyl (C=O) groups is 1. The van der Waals surface area contributed by atoms with Crippen molar-refractivity contribution in [3.8, 4) is 0 Å². The Bertz CT molecular complexity index is 575. The average molecular weight is 291 g/mol. The molecule has 6 heteroatoms. The van der Waals surface area contributed by atoms with Crippen molar-refractivity contribution >= 4 is 17.2 Å². The Kier molecular flexibility index (Phi) is 3.84. The van der Waals surface area contributed by atoms with Crippen molar-refractivity contribution < 1.29 is 9.90 Å². The lowest BCUT2D eigenvalue weighted by atomic mass is 9.93. The molecular formula is C14H17N3O2S. The van der Waals surface area contributed by atoms with Crippen LogP contribution in [0.3, 0.4) is 0 Å². The van der Waals surface area contributed by atoms with Gasteiger partial charge in [0.05, 0.1) is 30.5 Å². The summed E-state index contributed by atoms with van der Waals surface area (Å²) < 4.78 is 1.87. The normalized spacial score (nSPS) is 16.6. The monoisotopic (exact) mass is 291 g/mol. The van der Waals surface area contributed by atoms with E-state index in [0.29, 0.717) is 11.6 Å². The Morgan fingerprint density at radius 2 is 2.45 bits per heavy atom. The van der Waals surface area contributed by atoms with Gasteiger partial charge >= 0.3 is 0 Å². The van der Waals surface area contributed by atoms with E-state index < -0.39 is 0 Å². The number of hydrogen-bond donors (Lipinski definition) is 2. The smallest absolute Gasteiger partial charge is 0.255 e. The molecule has 2 aromatic heterocycles. The molecule has 0 aliphatic heterocycles. The van der Waals surface area contributed by atoms with Gasteiger partial charge in [0, 0.05) is 6.20 Å². The summed E-state index contributed by atoms with van der Waals surface area (Å²) >= 11 is 1.55. The van der Waals surface area contributed by atoms with E-state index in [1.807, 2.05) is 21.5 Å². The summed E-state index contributed by atoms with van der Waals surface area (Å²) in [5.74, 6) is -0.194. The number of aliphatic hydroxyl groups is 1. The molecule has 2 heterocycles. The number of aromatic nitrogens is 2. The zero-order valence-electron chi connectivity index (χ0n) is 11.0. The summed E-state index contributed by atoms with van der Waals surface area (Å²) in [6, 6.07) is 1.99. The third-order valence-electron chi connectivity index (χ3n) is 3.75. The van der Waals surface area contributed by atoms with Crippen molar-refractivity contribution in [3.05, 3.63) is 40.3 Å². The topological polar surface area (TPSA) is 67.2 Å². The van der Waals surface area contributed by atoms with Crippen LogP contribution in [0.25, 0.3) is 0 Å². The van der Waals surface area contributed by atoms with Crippen LogP contribution in [0.5, 0.6) is 0 Å². The van der Waals surface area contributed by atoms with Crippen molar-refractivity contribution in [2.24, 2.45) is 0 Å². The Hall–Kier alpha value is -1.66. The van der Waals surface area contributed by atoms with Gasteiger partial charge in [0.15, 0.2) is 0 Å². The van der Waals surface area contributed by atoms with Crippen molar-refractivity contribution in [3.63, 3.8) is 0 Å². The van der Waals surface area contributed by atoms with E-state index in [1.165, 1.54) is 6.42 Å². The summed E-state index contributed by atoms with van der Waals surface area (Å²) in [4.78, 5) is 12.2. The fourth-order valence-electron chi connectivity index (χ4n) is 2.26. The third kappa shape index (κ3) is 2.62. The minimum atomic E-state index is -0.360. The van der Waals surface area contributed by atoms with Gasteiger partial charge in [-0.3, -0.25) is 9.48 Å². The number of rotatable bonds is 5. The molecule has 106 valence electrons.